The highest BCUT2D eigenvalue weighted by Crippen LogP contribution is 2.34. The van der Waals surface area contributed by atoms with Gasteiger partial charge in [0.15, 0.2) is 30.8 Å². The third-order valence-electron chi connectivity index (χ3n) is 4.75. The molecule has 1 aliphatic heterocycles. The first-order chi connectivity index (χ1) is 14.2. The number of aldehydes is 1. The third-order valence-corrected chi connectivity index (χ3v) is 4.75. The van der Waals surface area contributed by atoms with Crippen LogP contribution in [0.5, 0.6) is 0 Å². The number of hydrogen-bond donors (Lipinski definition) is 0. The zero-order chi connectivity index (χ0) is 22.0. The van der Waals surface area contributed by atoms with Crippen LogP contribution in [0.15, 0.2) is 24.4 Å². The lowest BCUT2D eigenvalue weighted by atomic mass is 10.0. The van der Waals surface area contributed by atoms with E-state index in [2.05, 4.69) is 0 Å². The quantitative estimate of drug-likeness (QED) is 0.413. The summed E-state index contributed by atoms with van der Waals surface area (Å²) in [6, 6.07) is 5.57. The molecule has 0 unspecified atom stereocenters. The van der Waals surface area contributed by atoms with E-state index in [9.17, 15) is 19.2 Å². The van der Waals surface area contributed by atoms with Crippen molar-refractivity contribution in [2.75, 3.05) is 6.61 Å². The minimum Gasteiger partial charge on any atom is -0.456 e. The summed E-state index contributed by atoms with van der Waals surface area (Å²) < 4.78 is 23.7. The molecule has 0 radical (unpaired) electrons. The summed E-state index contributed by atoms with van der Waals surface area (Å²) in [5, 5.41) is 0.701. The van der Waals surface area contributed by atoms with E-state index >= 15 is 0 Å². The molecule has 0 N–H and O–H groups in total. The average Bonchev–Trinajstić information content (AvgIpc) is 3.01. The number of esters is 3. The van der Waals surface area contributed by atoms with E-state index in [0.717, 1.165) is 11.8 Å². The van der Waals surface area contributed by atoms with Gasteiger partial charge in [0, 0.05) is 37.9 Å². The first kappa shape index (κ1) is 21.5. The van der Waals surface area contributed by atoms with Crippen LogP contribution >= 0.6 is 0 Å². The van der Waals surface area contributed by atoms with Crippen LogP contribution in [0.2, 0.25) is 0 Å². The Bertz CT molecular complexity index is 994. The molecule has 0 saturated carbocycles. The molecular weight excluding hydrogens is 394 g/mol. The molecule has 0 spiro atoms. The predicted molar refractivity (Wildman–Crippen MR) is 104 cm³/mol. The van der Waals surface area contributed by atoms with Crippen LogP contribution < -0.4 is 0 Å². The van der Waals surface area contributed by atoms with Gasteiger partial charge in [-0.3, -0.25) is 19.2 Å². The Kier molecular flexibility index (Phi) is 6.21. The predicted octanol–water partition coefficient (Wildman–Crippen LogP) is 2.09. The van der Waals surface area contributed by atoms with Gasteiger partial charge in [0.05, 0.1) is 12.1 Å². The lowest BCUT2D eigenvalue weighted by Crippen LogP contribution is -2.55. The number of ether oxygens (including phenoxy) is 4. The average molecular weight is 417 g/mol. The number of fused-ring (bicyclic) bond motifs is 1. The van der Waals surface area contributed by atoms with Crippen molar-refractivity contribution >= 4 is 35.1 Å². The normalized spacial score (nSPS) is 23.6. The van der Waals surface area contributed by atoms with Crippen LogP contribution in [0.1, 0.15) is 42.9 Å². The van der Waals surface area contributed by atoms with Crippen LogP contribution in [0.25, 0.3) is 10.9 Å². The second-order valence-corrected chi connectivity index (χ2v) is 7.15. The van der Waals surface area contributed by atoms with Crippen molar-refractivity contribution in [2.24, 2.45) is 0 Å². The molecule has 2 heterocycles. The van der Waals surface area contributed by atoms with Crippen molar-refractivity contribution in [1.29, 1.82) is 0 Å². The van der Waals surface area contributed by atoms with Gasteiger partial charge in [0.2, 0.25) is 0 Å². The standard InChI is InChI=1S/C21H23NO8/c1-11-5-6-16-15(9-23)8-22(17(16)7-11)21-20(30-14(4)26)19(29-13(3)25)18(10-27-21)28-12(2)24/h5-9,18-21H,10H2,1-4H3/t18-,19+,20-,21-/m1/s1. The van der Waals surface area contributed by atoms with Gasteiger partial charge in [-0.2, -0.15) is 0 Å². The van der Waals surface area contributed by atoms with Crippen molar-refractivity contribution in [3.63, 3.8) is 0 Å². The molecule has 30 heavy (non-hydrogen) atoms. The Balaban J connectivity index is 2.11. The van der Waals surface area contributed by atoms with E-state index in [1.807, 2.05) is 25.1 Å². The lowest BCUT2D eigenvalue weighted by molar-refractivity contribution is -0.239. The van der Waals surface area contributed by atoms with Gasteiger partial charge in [-0.1, -0.05) is 12.1 Å². The third kappa shape index (κ3) is 4.35. The first-order valence-electron chi connectivity index (χ1n) is 9.41. The summed E-state index contributed by atoms with van der Waals surface area (Å²) >= 11 is 0. The van der Waals surface area contributed by atoms with E-state index < -0.39 is 42.4 Å². The van der Waals surface area contributed by atoms with Gasteiger partial charge in [-0.25, -0.2) is 0 Å². The summed E-state index contributed by atoms with van der Waals surface area (Å²) in [7, 11) is 0. The highest BCUT2D eigenvalue weighted by molar-refractivity contribution is 5.98. The Labute approximate surface area is 172 Å². The molecule has 0 aliphatic carbocycles. The van der Waals surface area contributed by atoms with E-state index in [0.29, 0.717) is 16.5 Å². The molecule has 4 atom stereocenters. The van der Waals surface area contributed by atoms with E-state index in [4.69, 9.17) is 18.9 Å². The summed E-state index contributed by atoms with van der Waals surface area (Å²) in [4.78, 5) is 46.7. The van der Waals surface area contributed by atoms with Crippen molar-refractivity contribution in [2.45, 2.75) is 52.2 Å². The lowest BCUT2D eigenvalue weighted by Gasteiger charge is -2.41. The zero-order valence-electron chi connectivity index (χ0n) is 17.1. The largest absolute Gasteiger partial charge is 0.456 e. The van der Waals surface area contributed by atoms with Gasteiger partial charge in [0.1, 0.15) is 0 Å². The second-order valence-electron chi connectivity index (χ2n) is 7.15. The van der Waals surface area contributed by atoms with E-state index in [1.54, 1.807) is 10.8 Å². The number of rotatable bonds is 5. The molecule has 1 aromatic heterocycles. The highest BCUT2D eigenvalue weighted by Gasteiger charge is 2.48. The summed E-state index contributed by atoms with van der Waals surface area (Å²) in [6.07, 6.45) is -1.75. The Hall–Kier alpha value is -3.20. The fourth-order valence-corrected chi connectivity index (χ4v) is 3.65. The number of aryl methyl sites for hydroxylation is 1. The minimum atomic E-state index is -1.11. The molecule has 160 valence electrons. The molecule has 9 heteroatoms. The molecule has 1 saturated heterocycles. The Morgan fingerprint density at radius 2 is 1.67 bits per heavy atom. The maximum atomic E-state index is 11.8. The van der Waals surface area contributed by atoms with E-state index in [-0.39, 0.29) is 6.61 Å². The highest BCUT2D eigenvalue weighted by atomic mass is 16.6. The molecule has 0 bridgehead atoms. The van der Waals surface area contributed by atoms with Gasteiger partial charge >= 0.3 is 17.9 Å². The smallest absolute Gasteiger partial charge is 0.303 e. The van der Waals surface area contributed by atoms with Crippen molar-refractivity contribution in [1.82, 2.24) is 4.57 Å². The molecule has 1 aliphatic rings. The number of carbonyl (C=O) groups excluding carboxylic acids is 4. The Morgan fingerprint density at radius 1 is 1.03 bits per heavy atom. The van der Waals surface area contributed by atoms with Gasteiger partial charge < -0.3 is 23.5 Å². The van der Waals surface area contributed by atoms with Crippen LogP contribution in [0.3, 0.4) is 0 Å². The van der Waals surface area contributed by atoms with Crippen molar-refractivity contribution < 1.29 is 38.1 Å². The number of hydrogen-bond acceptors (Lipinski definition) is 8. The molecule has 3 rings (SSSR count). The van der Waals surface area contributed by atoms with Crippen molar-refractivity contribution in [3.8, 4) is 0 Å². The van der Waals surface area contributed by atoms with Gasteiger partial charge in [-0.15, -0.1) is 0 Å². The van der Waals surface area contributed by atoms with Crippen LogP contribution in [-0.4, -0.2) is 53.7 Å². The number of aromatic nitrogens is 1. The maximum absolute atomic E-state index is 11.8. The van der Waals surface area contributed by atoms with Crippen molar-refractivity contribution in [3.05, 3.63) is 35.5 Å². The summed E-state index contributed by atoms with van der Waals surface area (Å²) in [5.74, 6) is -1.85. The zero-order valence-corrected chi connectivity index (χ0v) is 17.1. The van der Waals surface area contributed by atoms with Crippen LogP contribution in [0, 0.1) is 6.92 Å². The fraction of sp³-hybridized carbons (Fsp3) is 0.429. The monoisotopic (exact) mass is 417 g/mol. The maximum Gasteiger partial charge on any atom is 0.303 e. The van der Waals surface area contributed by atoms with E-state index in [1.165, 1.54) is 20.8 Å². The molecule has 2 aromatic rings. The molecule has 0 amide bonds. The van der Waals surface area contributed by atoms with Crippen LogP contribution in [-0.2, 0) is 33.3 Å². The number of benzene rings is 1. The van der Waals surface area contributed by atoms with Gasteiger partial charge in [0.25, 0.3) is 0 Å². The molecule has 9 nitrogen and oxygen atoms in total. The fourth-order valence-electron chi connectivity index (χ4n) is 3.65. The minimum absolute atomic E-state index is 0.0954. The van der Waals surface area contributed by atoms with Crippen LogP contribution in [0.4, 0.5) is 0 Å². The molecular formula is C21H23NO8. The summed E-state index contributed by atoms with van der Waals surface area (Å²) in [5.41, 5.74) is 2.07. The SMILES string of the molecule is CC(=O)O[C@@H]1[C@@H](OC(C)=O)[C@H](OC(C)=O)CO[C@H]1n1cc(C=O)c2ccc(C)cc21. The topological polar surface area (TPSA) is 110 Å². The Morgan fingerprint density at radius 3 is 2.27 bits per heavy atom. The second kappa shape index (κ2) is 8.66. The first-order valence-corrected chi connectivity index (χ1v) is 9.41. The molecule has 1 aromatic carbocycles. The number of nitrogens with zero attached hydrogens (tertiary/aromatic N) is 1. The summed E-state index contributed by atoms with van der Waals surface area (Å²) in [6.45, 7) is 5.45. The number of carbonyl (C=O) groups is 4. The van der Waals surface area contributed by atoms with Gasteiger partial charge in [-0.05, 0) is 18.6 Å². The molecule has 1 fully saturated rings.